The van der Waals surface area contributed by atoms with Crippen LogP contribution in [0.5, 0.6) is 11.5 Å². The van der Waals surface area contributed by atoms with Gasteiger partial charge in [-0.2, -0.15) is 0 Å². The third-order valence-electron chi connectivity index (χ3n) is 5.40. The fourth-order valence-corrected chi connectivity index (χ4v) is 3.67. The Morgan fingerprint density at radius 2 is 1.65 bits per heavy atom. The number of nitrogens with one attached hydrogen (secondary N) is 1. The molecule has 0 bridgehead atoms. The molecule has 0 aliphatic carbocycles. The number of hydrogen-bond donors (Lipinski definition) is 2. The first-order valence-electron chi connectivity index (χ1n) is 10.3. The number of nitrogens with zero attached hydrogens (tertiary/aromatic N) is 2. The van der Waals surface area contributed by atoms with Crippen LogP contribution in [-0.2, 0) is 9.59 Å². The van der Waals surface area contributed by atoms with Crippen molar-refractivity contribution in [2.45, 2.75) is 6.42 Å². The highest BCUT2D eigenvalue weighted by Crippen LogP contribution is 2.23. The third-order valence-corrected chi connectivity index (χ3v) is 5.40. The second kappa shape index (κ2) is 10.7. The molecule has 1 aliphatic heterocycles. The second-order valence-electron chi connectivity index (χ2n) is 7.51. The van der Waals surface area contributed by atoms with E-state index in [-0.39, 0.29) is 12.3 Å². The summed E-state index contributed by atoms with van der Waals surface area (Å²) in [7, 11) is 3.20. The molecule has 8 heteroatoms. The summed E-state index contributed by atoms with van der Waals surface area (Å²) in [6.07, 6.45) is -0.0807. The molecule has 1 atom stereocenters. The minimum atomic E-state index is -0.962. The molecule has 0 saturated carbocycles. The summed E-state index contributed by atoms with van der Waals surface area (Å²) in [5.74, 6) is -0.616. The number of ether oxygens (including phenoxy) is 2. The standard InChI is InChI=1S/C23H29N3O5/c1-30-20-7-3-5-18(14-20)24-22(27)13-17(23(28)29)16-25-9-11-26(12-10-25)19-6-4-8-21(15-19)31-2/h3-8,14-15,17H,9-13,16H2,1-2H3,(H,24,27)(H,28,29). The maximum absolute atomic E-state index is 12.4. The summed E-state index contributed by atoms with van der Waals surface area (Å²) >= 11 is 0. The molecule has 2 N–H and O–H groups in total. The lowest BCUT2D eigenvalue weighted by molar-refractivity contribution is -0.144. The molecule has 31 heavy (non-hydrogen) atoms. The highest BCUT2D eigenvalue weighted by Gasteiger charge is 2.26. The Kier molecular flexibility index (Phi) is 7.72. The summed E-state index contributed by atoms with van der Waals surface area (Å²) in [5.41, 5.74) is 1.67. The van der Waals surface area contributed by atoms with E-state index in [2.05, 4.69) is 15.1 Å². The Balaban J connectivity index is 1.52. The molecule has 1 amide bonds. The van der Waals surface area contributed by atoms with Crippen LogP contribution in [-0.4, -0.2) is 68.8 Å². The van der Waals surface area contributed by atoms with Crippen LogP contribution < -0.4 is 19.7 Å². The fraction of sp³-hybridized carbons (Fsp3) is 0.391. The van der Waals surface area contributed by atoms with E-state index in [9.17, 15) is 14.7 Å². The van der Waals surface area contributed by atoms with Gasteiger partial charge in [0.2, 0.25) is 5.91 Å². The van der Waals surface area contributed by atoms with Gasteiger partial charge in [-0.25, -0.2) is 0 Å². The number of piperazine rings is 1. The van der Waals surface area contributed by atoms with E-state index in [0.29, 0.717) is 18.0 Å². The van der Waals surface area contributed by atoms with E-state index < -0.39 is 11.9 Å². The molecule has 1 saturated heterocycles. The van der Waals surface area contributed by atoms with E-state index in [1.54, 1.807) is 38.5 Å². The van der Waals surface area contributed by atoms with Gasteiger partial charge in [-0.3, -0.25) is 14.5 Å². The normalized spacial score (nSPS) is 15.2. The Bertz CT molecular complexity index is 896. The maximum atomic E-state index is 12.4. The number of amides is 1. The minimum absolute atomic E-state index is 0.0807. The smallest absolute Gasteiger partial charge is 0.308 e. The van der Waals surface area contributed by atoms with Gasteiger partial charge in [0, 0.05) is 62.7 Å². The number of carbonyl (C=O) groups excluding carboxylic acids is 1. The molecule has 8 nitrogen and oxygen atoms in total. The SMILES string of the molecule is COc1cccc(NC(=O)CC(CN2CCN(c3cccc(OC)c3)CC2)C(=O)O)c1. The van der Waals surface area contributed by atoms with Crippen molar-refractivity contribution in [1.29, 1.82) is 0 Å². The lowest BCUT2D eigenvalue weighted by Crippen LogP contribution is -2.48. The predicted octanol–water partition coefficient (Wildman–Crippen LogP) is 2.56. The van der Waals surface area contributed by atoms with Crippen molar-refractivity contribution in [3.8, 4) is 11.5 Å². The molecule has 1 unspecified atom stereocenters. The molecular weight excluding hydrogens is 398 g/mol. The fourth-order valence-electron chi connectivity index (χ4n) is 3.67. The Hall–Kier alpha value is -3.26. The van der Waals surface area contributed by atoms with Crippen molar-refractivity contribution in [2.24, 2.45) is 5.92 Å². The molecule has 3 rings (SSSR count). The van der Waals surface area contributed by atoms with Crippen LogP contribution in [0.2, 0.25) is 0 Å². The van der Waals surface area contributed by atoms with Gasteiger partial charge in [-0.15, -0.1) is 0 Å². The van der Waals surface area contributed by atoms with Gasteiger partial charge in [0.15, 0.2) is 0 Å². The third kappa shape index (κ3) is 6.36. The first kappa shape index (κ1) is 22.4. The van der Waals surface area contributed by atoms with Crippen molar-refractivity contribution in [3.05, 3.63) is 48.5 Å². The number of hydrogen-bond acceptors (Lipinski definition) is 6. The first-order valence-corrected chi connectivity index (χ1v) is 10.3. The average molecular weight is 428 g/mol. The molecule has 0 aromatic heterocycles. The van der Waals surface area contributed by atoms with Gasteiger partial charge in [0.1, 0.15) is 11.5 Å². The Morgan fingerprint density at radius 1 is 1.00 bits per heavy atom. The Labute approximate surface area is 182 Å². The van der Waals surface area contributed by atoms with Crippen LogP contribution in [0.1, 0.15) is 6.42 Å². The van der Waals surface area contributed by atoms with Crippen LogP contribution in [0.4, 0.5) is 11.4 Å². The molecule has 1 fully saturated rings. The van der Waals surface area contributed by atoms with Gasteiger partial charge in [0.25, 0.3) is 0 Å². The highest BCUT2D eigenvalue weighted by atomic mass is 16.5. The van der Waals surface area contributed by atoms with Crippen molar-refractivity contribution >= 4 is 23.3 Å². The molecule has 166 valence electrons. The second-order valence-corrected chi connectivity index (χ2v) is 7.51. The predicted molar refractivity (Wildman–Crippen MR) is 119 cm³/mol. The lowest BCUT2D eigenvalue weighted by Gasteiger charge is -2.37. The first-order chi connectivity index (χ1) is 15.0. The largest absolute Gasteiger partial charge is 0.497 e. The van der Waals surface area contributed by atoms with Gasteiger partial charge >= 0.3 is 5.97 Å². The van der Waals surface area contributed by atoms with E-state index in [1.165, 1.54) is 0 Å². The maximum Gasteiger partial charge on any atom is 0.308 e. The van der Waals surface area contributed by atoms with Crippen molar-refractivity contribution in [2.75, 3.05) is 57.2 Å². The van der Waals surface area contributed by atoms with Crippen LogP contribution in [0.15, 0.2) is 48.5 Å². The minimum Gasteiger partial charge on any atom is -0.497 e. The number of carboxylic acid groups (broad SMARTS) is 1. The quantitative estimate of drug-likeness (QED) is 0.635. The molecule has 2 aromatic carbocycles. The van der Waals surface area contributed by atoms with E-state index >= 15 is 0 Å². The average Bonchev–Trinajstić information content (AvgIpc) is 2.79. The summed E-state index contributed by atoms with van der Waals surface area (Å²) < 4.78 is 10.4. The zero-order valence-electron chi connectivity index (χ0n) is 17.9. The van der Waals surface area contributed by atoms with Crippen LogP contribution in [0.3, 0.4) is 0 Å². The number of rotatable bonds is 9. The Morgan fingerprint density at radius 3 is 2.29 bits per heavy atom. The van der Waals surface area contributed by atoms with Gasteiger partial charge < -0.3 is 24.8 Å². The monoisotopic (exact) mass is 427 g/mol. The molecule has 1 heterocycles. The van der Waals surface area contributed by atoms with Gasteiger partial charge in [-0.1, -0.05) is 12.1 Å². The van der Waals surface area contributed by atoms with Crippen molar-refractivity contribution in [1.82, 2.24) is 4.90 Å². The lowest BCUT2D eigenvalue weighted by atomic mass is 10.0. The van der Waals surface area contributed by atoms with Crippen LogP contribution in [0.25, 0.3) is 0 Å². The number of aliphatic carboxylic acids is 1. The molecule has 2 aromatic rings. The summed E-state index contributed by atoms with van der Waals surface area (Å²) in [6, 6.07) is 14.9. The summed E-state index contributed by atoms with van der Waals surface area (Å²) in [4.78, 5) is 28.5. The van der Waals surface area contributed by atoms with Crippen molar-refractivity contribution < 1.29 is 24.2 Å². The number of anilines is 2. The van der Waals surface area contributed by atoms with E-state index in [4.69, 9.17) is 9.47 Å². The summed E-state index contributed by atoms with van der Waals surface area (Å²) in [6.45, 7) is 3.38. The summed E-state index contributed by atoms with van der Waals surface area (Å²) in [5, 5.41) is 12.4. The van der Waals surface area contributed by atoms with Crippen molar-refractivity contribution in [3.63, 3.8) is 0 Å². The molecule has 0 spiro atoms. The van der Waals surface area contributed by atoms with Gasteiger partial charge in [0.05, 0.1) is 20.1 Å². The number of carbonyl (C=O) groups is 2. The van der Waals surface area contributed by atoms with E-state index in [0.717, 1.165) is 37.6 Å². The van der Waals surface area contributed by atoms with Crippen LogP contribution in [0, 0.1) is 5.92 Å². The molecule has 0 radical (unpaired) electrons. The van der Waals surface area contributed by atoms with Gasteiger partial charge in [-0.05, 0) is 24.3 Å². The van der Waals surface area contributed by atoms with E-state index in [1.807, 2.05) is 24.3 Å². The number of methoxy groups -OCH3 is 2. The number of benzene rings is 2. The van der Waals surface area contributed by atoms with Crippen LogP contribution >= 0.6 is 0 Å². The topological polar surface area (TPSA) is 91.3 Å². The highest BCUT2D eigenvalue weighted by molar-refractivity contribution is 5.93. The molecule has 1 aliphatic rings. The zero-order chi connectivity index (χ0) is 22.2. The zero-order valence-corrected chi connectivity index (χ0v) is 17.9. The number of carboxylic acids is 1. The molecular formula is C23H29N3O5.